The number of rotatable bonds is 22. The molecule has 0 saturated carbocycles. The summed E-state index contributed by atoms with van der Waals surface area (Å²) in [5.74, 6) is -1.95. The average molecular weight is 615 g/mol. The molecule has 1 amide bonds. The number of benzene rings is 2. The van der Waals surface area contributed by atoms with E-state index in [2.05, 4.69) is 10.6 Å². The van der Waals surface area contributed by atoms with Gasteiger partial charge in [-0.2, -0.15) is 13.2 Å². The van der Waals surface area contributed by atoms with Crippen molar-refractivity contribution < 1.29 is 56.3 Å². The van der Waals surface area contributed by atoms with Crippen LogP contribution in [0.4, 0.5) is 24.5 Å². The number of hydrogen-bond donors (Lipinski definition) is 3. The zero-order valence-electron chi connectivity index (χ0n) is 23.7. The summed E-state index contributed by atoms with van der Waals surface area (Å²) < 4.78 is 65.8. The van der Waals surface area contributed by atoms with E-state index in [0.29, 0.717) is 58.3 Å². The number of amides is 1. The highest BCUT2D eigenvalue weighted by atomic mass is 19.4. The molecule has 0 aliphatic rings. The summed E-state index contributed by atoms with van der Waals surface area (Å²) in [6.07, 6.45) is -4.11. The molecule has 11 nitrogen and oxygen atoms in total. The number of halogens is 3. The third-order valence-corrected chi connectivity index (χ3v) is 5.55. The lowest BCUT2D eigenvalue weighted by molar-refractivity contribution is -0.139. The lowest BCUT2D eigenvalue weighted by Gasteiger charge is -2.13. The quantitative estimate of drug-likeness (QED) is 0.131. The van der Waals surface area contributed by atoms with Crippen molar-refractivity contribution in [2.24, 2.45) is 0 Å². The number of anilines is 2. The fourth-order valence-electron chi connectivity index (χ4n) is 3.44. The molecule has 0 unspecified atom stereocenters. The summed E-state index contributed by atoms with van der Waals surface area (Å²) >= 11 is 0. The molecule has 0 spiro atoms. The van der Waals surface area contributed by atoms with Gasteiger partial charge in [0.1, 0.15) is 6.61 Å². The van der Waals surface area contributed by atoms with Gasteiger partial charge >= 0.3 is 18.1 Å². The highest BCUT2D eigenvalue weighted by Gasteiger charge is 2.30. The van der Waals surface area contributed by atoms with Gasteiger partial charge in [-0.3, -0.25) is 9.59 Å². The van der Waals surface area contributed by atoms with Crippen LogP contribution >= 0.6 is 0 Å². The van der Waals surface area contributed by atoms with E-state index in [1.54, 1.807) is 18.2 Å². The average Bonchev–Trinajstić information content (AvgIpc) is 2.97. The van der Waals surface area contributed by atoms with E-state index in [1.165, 1.54) is 18.2 Å². The highest BCUT2D eigenvalue weighted by molar-refractivity contribution is 5.96. The van der Waals surface area contributed by atoms with Gasteiger partial charge in [-0.1, -0.05) is 18.2 Å². The van der Waals surface area contributed by atoms with E-state index >= 15 is 0 Å². The predicted octanol–water partition coefficient (Wildman–Crippen LogP) is 4.04. The second-order valence-corrected chi connectivity index (χ2v) is 8.93. The van der Waals surface area contributed by atoms with E-state index in [-0.39, 0.29) is 49.8 Å². The van der Waals surface area contributed by atoms with Gasteiger partial charge < -0.3 is 39.4 Å². The summed E-state index contributed by atoms with van der Waals surface area (Å²) in [6.45, 7) is 3.07. The molecular formula is C29H37F3N2O9. The minimum absolute atomic E-state index is 0.0169. The van der Waals surface area contributed by atoms with Crippen LogP contribution in [0.25, 0.3) is 0 Å². The monoisotopic (exact) mass is 614 g/mol. The van der Waals surface area contributed by atoms with Crippen molar-refractivity contribution >= 4 is 29.2 Å². The van der Waals surface area contributed by atoms with Gasteiger partial charge in [-0.15, -0.1) is 0 Å². The molecule has 0 heterocycles. The molecule has 3 N–H and O–H groups in total. The van der Waals surface area contributed by atoms with Gasteiger partial charge in [0.05, 0.1) is 69.5 Å². The Morgan fingerprint density at radius 3 is 1.98 bits per heavy atom. The number of aliphatic carboxylic acids is 1. The van der Waals surface area contributed by atoms with Crippen molar-refractivity contribution in [3.63, 3.8) is 0 Å². The summed E-state index contributed by atoms with van der Waals surface area (Å²) in [4.78, 5) is 34.3. The first-order valence-corrected chi connectivity index (χ1v) is 13.7. The molecule has 0 aromatic heterocycles. The number of carbonyl (C=O) groups is 3. The van der Waals surface area contributed by atoms with Gasteiger partial charge in [-0.05, 0) is 36.8 Å². The first-order chi connectivity index (χ1) is 20.7. The summed E-state index contributed by atoms with van der Waals surface area (Å²) in [7, 11) is 0. The number of nitrogens with one attached hydrogen (secondary N) is 2. The third kappa shape index (κ3) is 15.9. The largest absolute Gasteiger partial charge is 0.481 e. The molecule has 238 valence electrons. The SMILES string of the molecule is O=C(O)CCC(=O)NCCCOCCOCCOCCOCCOC(=O)c1ccccc1Nc1cccc(C(F)(F)F)c1. The molecule has 0 aliphatic heterocycles. The number of carboxylic acids is 1. The van der Waals surface area contributed by atoms with Crippen molar-refractivity contribution in [2.75, 3.05) is 71.3 Å². The minimum atomic E-state index is -4.48. The van der Waals surface area contributed by atoms with Gasteiger partial charge in [-0.25, -0.2) is 4.79 Å². The van der Waals surface area contributed by atoms with Crippen molar-refractivity contribution in [3.8, 4) is 0 Å². The Morgan fingerprint density at radius 1 is 0.744 bits per heavy atom. The van der Waals surface area contributed by atoms with Crippen LogP contribution in [0, 0.1) is 0 Å². The highest BCUT2D eigenvalue weighted by Crippen LogP contribution is 2.32. The van der Waals surface area contributed by atoms with Crippen molar-refractivity contribution in [1.29, 1.82) is 0 Å². The predicted molar refractivity (Wildman–Crippen MR) is 149 cm³/mol. The molecule has 2 aromatic rings. The van der Waals surface area contributed by atoms with Crippen LogP contribution < -0.4 is 10.6 Å². The molecule has 2 rings (SSSR count). The Labute approximate surface area is 247 Å². The number of hydrogen-bond acceptors (Lipinski definition) is 9. The van der Waals surface area contributed by atoms with Crippen molar-refractivity contribution in [3.05, 3.63) is 59.7 Å². The standard InChI is InChI=1S/C29H37F3N2O9/c30-29(31,32)22-5-3-6-23(21-22)34-25-8-2-1-7-24(25)28(38)43-20-19-42-18-17-41-16-15-40-14-13-39-12-4-11-33-26(35)9-10-27(36)37/h1-3,5-8,21,34H,4,9-20H2,(H,33,35)(H,36,37). The molecule has 2 aromatic carbocycles. The van der Waals surface area contributed by atoms with Crippen LogP contribution in [0.5, 0.6) is 0 Å². The van der Waals surface area contributed by atoms with Crippen LogP contribution in [0.1, 0.15) is 35.2 Å². The molecule has 0 aliphatic carbocycles. The Kier molecular flexibility index (Phi) is 16.7. The smallest absolute Gasteiger partial charge is 0.416 e. The molecule has 0 radical (unpaired) electrons. The number of para-hydroxylation sites is 1. The summed E-state index contributed by atoms with van der Waals surface area (Å²) in [5.41, 5.74) is -0.134. The molecule has 14 heteroatoms. The van der Waals surface area contributed by atoms with Gasteiger partial charge in [0.25, 0.3) is 0 Å². The lowest BCUT2D eigenvalue weighted by atomic mass is 10.1. The third-order valence-electron chi connectivity index (χ3n) is 5.55. The number of ether oxygens (including phenoxy) is 5. The number of carboxylic acid groups (broad SMARTS) is 1. The van der Waals surface area contributed by atoms with E-state index in [4.69, 9.17) is 28.8 Å². The van der Waals surface area contributed by atoms with Crippen LogP contribution in [-0.4, -0.2) is 89.0 Å². The number of esters is 1. The lowest BCUT2D eigenvalue weighted by Crippen LogP contribution is -2.25. The molecular weight excluding hydrogens is 577 g/mol. The van der Waals surface area contributed by atoms with Gasteiger partial charge in [0, 0.05) is 25.3 Å². The number of carbonyl (C=O) groups excluding carboxylic acids is 2. The Bertz CT molecular complexity index is 1130. The molecule has 43 heavy (non-hydrogen) atoms. The maximum atomic E-state index is 13.0. The zero-order valence-corrected chi connectivity index (χ0v) is 23.7. The molecule has 0 saturated heterocycles. The van der Waals surface area contributed by atoms with Crippen molar-refractivity contribution in [1.82, 2.24) is 5.32 Å². The fraction of sp³-hybridized carbons (Fsp3) is 0.483. The molecule has 0 bridgehead atoms. The van der Waals surface area contributed by atoms with Gasteiger partial charge in [0.2, 0.25) is 5.91 Å². The summed E-state index contributed by atoms with van der Waals surface area (Å²) in [5, 5.41) is 14.0. The number of alkyl halides is 3. The molecule has 0 atom stereocenters. The van der Waals surface area contributed by atoms with Crippen LogP contribution in [0.2, 0.25) is 0 Å². The Hall–Kier alpha value is -3.72. The second kappa shape index (κ2) is 20.2. The van der Waals surface area contributed by atoms with Crippen LogP contribution in [0.3, 0.4) is 0 Å². The first-order valence-electron chi connectivity index (χ1n) is 13.7. The van der Waals surface area contributed by atoms with Gasteiger partial charge in [0.15, 0.2) is 0 Å². The Balaban J connectivity index is 1.46. The minimum Gasteiger partial charge on any atom is -0.481 e. The first kappa shape index (κ1) is 35.5. The van der Waals surface area contributed by atoms with E-state index in [1.807, 2.05) is 0 Å². The summed E-state index contributed by atoms with van der Waals surface area (Å²) in [6, 6.07) is 11.0. The van der Waals surface area contributed by atoms with E-state index in [9.17, 15) is 27.6 Å². The Morgan fingerprint density at radius 2 is 1.35 bits per heavy atom. The maximum Gasteiger partial charge on any atom is 0.416 e. The van der Waals surface area contributed by atoms with E-state index in [0.717, 1.165) is 12.1 Å². The fourth-order valence-corrected chi connectivity index (χ4v) is 3.44. The topological polar surface area (TPSA) is 142 Å². The molecule has 0 fully saturated rings. The zero-order chi connectivity index (χ0) is 31.3. The van der Waals surface area contributed by atoms with E-state index < -0.39 is 23.7 Å². The van der Waals surface area contributed by atoms with Crippen molar-refractivity contribution in [2.45, 2.75) is 25.4 Å². The normalized spacial score (nSPS) is 11.2. The maximum absolute atomic E-state index is 13.0. The van der Waals surface area contributed by atoms with Crippen LogP contribution in [0.15, 0.2) is 48.5 Å². The van der Waals surface area contributed by atoms with Crippen LogP contribution in [-0.2, 0) is 39.4 Å². The second-order valence-electron chi connectivity index (χ2n) is 8.93.